The summed E-state index contributed by atoms with van der Waals surface area (Å²) in [5.41, 5.74) is 4.92. The second-order valence-electron chi connectivity index (χ2n) is 4.47. The standard InChI is InChI=1S/C12H17N5O2/c1-8-9(7-14-15-8)3-2-6-13-12(19)10-4-5-11(18)17-16-10/h7H,2-6H2,1H3,(H,13,19)(H,14,15)(H,17,18). The third-order valence-corrected chi connectivity index (χ3v) is 3.01. The Balaban J connectivity index is 1.70. The second kappa shape index (κ2) is 6.12. The van der Waals surface area contributed by atoms with E-state index in [0.717, 1.165) is 24.1 Å². The molecular formula is C12H17N5O2. The summed E-state index contributed by atoms with van der Waals surface area (Å²) in [5.74, 6) is -0.351. The number of carbonyl (C=O) groups is 2. The highest BCUT2D eigenvalue weighted by Crippen LogP contribution is 2.05. The predicted molar refractivity (Wildman–Crippen MR) is 69.5 cm³/mol. The van der Waals surface area contributed by atoms with Gasteiger partial charge in [-0.25, -0.2) is 5.43 Å². The molecule has 19 heavy (non-hydrogen) atoms. The highest BCUT2D eigenvalue weighted by Gasteiger charge is 2.17. The zero-order valence-electron chi connectivity index (χ0n) is 10.8. The van der Waals surface area contributed by atoms with E-state index in [1.807, 2.05) is 6.92 Å². The van der Waals surface area contributed by atoms with Gasteiger partial charge in [-0.05, 0) is 25.3 Å². The van der Waals surface area contributed by atoms with Crippen molar-refractivity contribution in [1.29, 1.82) is 0 Å². The van der Waals surface area contributed by atoms with E-state index < -0.39 is 0 Å². The van der Waals surface area contributed by atoms with Gasteiger partial charge >= 0.3 is 0 Å². The van der Waals surface area contributed by atoms with Gasteiger partial charge in [-0.1, -0.05) is 0 Å². The fourth-order valence-corrected chi connectivity index (χ4v) is 1.85. The fourth-order valence-electron chi connectivity index (χ4n) is 1.85. The Hall–Kier alpha value is -2.18. The molecule has 1 aliphatic rings. The van der Waals surface area contributed by atoms with Crippen molar-refractivity contribution >= 4 is 17.5 Å². The number of aromatic amines is 1. The van der Waals surface area contributed by atoms with Crippen LogP contribution >= 0.6 is 0 Å². The lowest BCUT2D eigenvalue weighted by Crippen LogP contribution is -2.37. The molecule has 1 aromatic rings. The van der Waals surface area contributed by atoms with Crippen molar-refractivity contribution in [2.75, 3.05) is 6.54 Å². The van der Waals surface area contributed by atoms with Crippen LogP contribution in [-0.2, 0) is 16.0 Å². The number of nitrogens with one attached hydrogen (secondary N) is 3. The first-order valence-electron chi connectivity index (χ1n) is 6.29. The van der Waals surface area contributed by atoms with Gasteiger partial charge in [-0.3, -0.25) is 14.7 Å². The van der Waals surface area contributed by atoms with Gasteiger partial charge < -0.3 is 5.32 Å². The third kappa shape index (κ3) is 3.64. The van der Waals surface area contributed by atoms with E-state index >= 15 is 0 Å². The van der Waals surface area contributed by atoms with Crippen LogP contribution in [0.15, 0.2) is 11.3 Å². The fraction of sp³-hybridized carbons (Fsp3) is 0.500. The number of amides is 2. The van der Waals surface area contributed by atoms with Crippen LogP contribution in [0, 0.1) is 6.92 Å². The molecule has 1 aromatic heterocycles. The number of hydrogen-bond donors (Lipinski definition) is 3. The van der Waals surface area contributed by atoms with Crippen molar-refractivity contribution in [1.82, 2.24) is 20.9 Å². The van der Waals surface area contributed by atoms with Crippen LogP contribution < -0.4 is 10.7 Å². The number of aromatic nitrogens is 2. The quantitative estimate of drug-likeness (QED) is 0.654. The third-order valence-electron chi connectivity index (χ3n) is 3.01. The maximum Gasteiger partial charge on any atom is 0.267 e. The Kier molecular flexibility index (Phi) is 4.27. The molecule has 2 rings (SSSR count). The van der Waals surface area contributed by atoms with Crippen LogP contribution in [0.2, 0.25) is 0 Å². The van der Waals surface area contributed by atoms with E-state index in [4.69, 9.17) is 0 Å². The van der Waals surface area contributed by atoms with Gasteiger partial charge in [0.05, 0.1) is 6.20 Å². The number of aryl methyl sites for hydroxylation is 2. The molecule has 0 radical (unpaired) electrons. The summed E-state index contributed by atoms with van der Waals surface area (Å²) in [6, 6.07) is 0. The number of H-pyrrole nitrogens is 1. The predicted octanol–water partition coefficient (Wildman–Crippen LogP) is 0.0329. The molecule has 0 saturated carbocycles. The van der Waals surface area contributed by atoms with Crippen LogP contribution in [-0.4, -0.2) is 34.3 Å². The summed E-state index contributed by atoms with van der Waals surface area (Å²) in [6.45, 7) is 2.55. The summed E-state index contributed by atoms with van der Waals surface area (Å²) in [5, 5.41) is 13.4. The normalized spacial score (nSPS) is 14.8. The molecule has 0 bridgehead atoms. The van der Waals surface area contributed by atoms with Crippen molar-refractivity contribution in [2.45, 2.75) is 32.6 Å². The molecule has 102 valence electrons. The average Bonchev–Trinajstić information content (AvgIpc) is 2.81. The van der Waals surface area contributed by atoms with Gasteiger partial charge in [0.2, 0.25) is 5.91 Å². The molecule has 0 atom stereocenters. The molecule has 3 N–H and O–H groups in total. The topological polar surface area (TPSA) is 99.2 Å². The van der Waals surface area contributed by atoms with Crippen LogP contribution in [0.3, 0.4) is 0 Å². The van der Waals surface area contributed by atoms with Crippen LogP contribution in [0.1, 0.15) is 30.5 Å². The first-order valence-corrected chi connectivity index (χ1v) is 6.29. The first-order chi connectivity index (χ1) is 9.16. The summed E-state index contributed by atoms with van der Waals surface area (Å²) >= 11 is 0. The van der Waals surface area contributed by atoms with Crippen molar-refractivity contribution < 1.29 is 9.59 Å². The summed E-state index contributed by atoms with van der Waals surface area (Å²) < 4.78 is 0. The molecule has 2 heterocycles. The van der Waals surface area contributed by atoms with Gasteiger partial charge in [0.15, 0.2) is 0 Å². The largest absolute Gasteiger partial charge is 0.351 e. The smallest absolute Gasteiger partial charge is 0.267 e. The Morgan fingerprint density at radius 2 is 2.32 bits per heavy atom. The molecule has 0 spiro atoms. The Bertz CT molecular complexity index is 506. The van der Waals surface area contributed by atoms with Crippen LogP contribution in [0.4, 0.5) is 0 Å². The molecule has 2 amide bonds. The highest BCUT2D eigenvalue weighted by molar-refractivity contribution is 6.39. The van der Waals surface area contributed by atoms with E-state index in [9.17, 15) is 9.59 Å². The summed E-state index contributed by atoms with van der Waals surface area (Å²) in [6.07, 6.45) is 4.23. The van der Waals surface area contributed by atoms with E-state index in [1.54, 1.807) is 6.20 Å². The lowest BCUT2D eigenvalue weighted by atomic mass is 10.1. The lowest BCUT2D eigenvalue weighted by Gasteiger charge is -2.11. The van der Waals surface area contributed by atoms with Crippen molar-refractivity contribution in [3.05, 3.63) is 17.5 Å². The average molecular weight is 263 g/mol. The van der Waals surface area contributed by atoms with Gasteiger partial charge in [0.1, 0.15) is 5.71 Å². The monoisotopic (exact) mass is 263 g/mol. The van der Waals surface area contributed by atoms with Gasteiger partial charge in [0.25, 0.3) is 5.91 Å². The van der Waals surface area contributed by atoms with Crippen molar-refractivity contribution in [3.63, 3.8) is 0 Å². The van der Waals surface area contributed by atoms with E-state index in [1.165, 1.54) is 0 Å². The van der Waals surface area contributed by atoms with E-state index in [0.29, 0.717) is 25.1 Å². The summed E-state index contributed by atoms with van der Waals surface area (Å²) in [4.78, 5) is 22.6. The summed E-state index contributed by atoms with van der Waals surface area (Å²) in [7, 11) is 0. The number of carbonyl (C=O) groups excluding carboxylic acids is 2. The maximum atomic E-state index is 11.7. The number of rotatable bonds is 5. The van der Waals surface area contributed by atoms with E-state index in [2.05, 4.69) is 26.0 Å². The molecule has 0 unspecified atom stereocenters. The van der Waals surface area contributed by atoms with Crippen LogP contribution in [0.25, 0.3) is 0 Å². The van der Waals surface area contributed by atoms with Crippen molar-refractivity contribution in [2.24, 2.45) is 5.10 Å². The molecule has 0 aliphatic carbocycles. The number of hydrogen-bond acceptors (Lipinski definition) is 4. The van der Waals surface area contributed by atoms with E-state index in [-0.39, 0.29) is 11.8 Å². The molecule has 7 heteroatoms. The number of nitrogens with zero attached hydrogens (tertiary/aromatic N) is 2. The molecular weight excluding hydrogens is 246 g/mol. The van der Waals surface area contributed by atoms with Gasteiger partial charge in [-0.2, -0.15) is 10.2 Å². The van der Waals surface area contributed by atoms with Crippen LogP contribution in [0.5, 0.6) is 0 Å². The van der Waals surface area contributed by atoms with Crippen molar-refractivity contribution in [3.8, 4) is 0 Å². The minimum Gasteiger partial charge on any atom is -0.351 e. The van der Waals surface area contributed by atoms with Gasteiger partial charge in [-0.15, -0.1) is 0 Å². The van der Waals surface area contributed by atoms with Gasteiger partial charge in [0, 0.05) is 25.1 Å². The minimum atomic E-state index is -0.205. The Morgan fingerprint density at radius 3 is 2.95 bits per heavy atom. The lowest BCUT2D eigenvalue weighted by molar-refractivity contribution is -0.121. The highest BCUT2D eigenvalue weighted by atomic mass is 16.2. The Morgan fingerprint density at radius 1 is 1.47 bits per heavy atom. The molecule has 0 fully saturated rings. The SMILES string of the molecule is Cc1[nH]ncc1CCCNC(=O)C1=NNC(=O)CC1. The second-order valence-corrected chi connectivity index (χ2v) is 4.47. The molecule has 0 saturated heterocycles. The number of hydrazone groups is 1. The zero-order valence-corrected chi connectivity index (χ0v) is 10.8. The minimum absolute atomic E-state index is 0.146. The molecule has 0 aromatic carbocycles. The molecule has 7 nitrogen and oxygen atoms in total. The Labute approximate surface area is 110 Å². The molecule has 1 aliphatic heterocycles. The first kappa shape index (κ1) is 13.3. The zero-order chi connectivity index (χ0) is 13.7. The maximum absolute atomic E-state index is 11.7.